The van der Waals surface area contributed by atoms with Crippen molar-refractivity contribution < 1.29 is 14.9 Å². The molecule has 5 N–H and O–H groups in total. The highest BCUT2D eigenvalue weighted by atomic mass is 16.5. The molecule has 1 aliphatic heterocycles. The van der Waals surface area contributed by atoms with Crippen LogP contribution in [0.1, 0.15) is 60.8 Å². The highest BCUT2D eigenvalue weighted by Gasteiger charge is 2.40. The van der Waals surface area contributed by atoms with E-state index in [-0.39, 0.29) is 17.1 Å². The smallest absolute Gasteiger partial charge is 0.232 e. The minimum absolute atomic E-state index is 0.0280. The van der Waals surface area contributed by atoms with Crippen LogP contribution in [0.25, 0.3) is 0 Å². The van der Waals surface area contributed by atoms with E-state index in [1.54, 1.807) is 21.0 Å². The molecule has 32 heavy (non-hydrogen) atoms. The van der Waals surface area contributed by atoms with E-state index in [0.29, 0.717) is 37.5 Å². The molecule has 184 valence electrons. The predicted molar refractivity (Wildman–Crippen MR) is 128 cm³/mol. The first-order valence-corrected chi connectivity index (χ1v) is 11.6. The number of anilines is 3. The summed E-state index contributed by atoms with van der Waals surface area (Å²) in [6, 6.07) is 0.231. The molecule has 0 saturated carbocycles. The Morgan fingerprint density at radius 1 is 1.00 bits per heavy atom. The average molecular weight is 454 g/mol. The van der Waals surface area contributed by atoms with Gasteiger partial charge in [-0.2, -0.15) is 15.0 Å². The molecule has 2 rings (SSSR count). The second-order valence-electron chi connectivity index (χ2n) is 10.2. The normalized spacial score (nSPS) is 19.9. The topological polar surface area (TPSA) is 128 Å². The van der Waals surface area contributed by atoms with Crippen molar-refractivity contribution in [2.75, 3.05) is 48.9 Å². The fourth-order valence-corrected chi connectivity index (χ4v) is 4.44. The summed E-state index contributed by atoms with van der Waals surface area (Å²) in [5.41, 5.74) is -0.0560. The Balaban J connectivity index is 2.40. The molecule has 1 aliphatic rings. The second kappa shape index (κ2) is 11.4. The third-order valence-electron chi connectivity index (χ3n) is 5.35. The fourth-order valence-electron chi connectivity index (χ4n) is 4.44. The SMILES string of the molecule is COCCCN(c1nc(NCC(C)O)nc(NCC(C)O)n1)C1CC(C)(C)NC(C)(C)C1. The maximum Gasteiger partial charge on any atom is 0.232 e. The minimum Gasteiger partial charge on any atom is -0.392 e. The Hall–Kier alpha value is -1.75. The van der Waals surface area contributed by atoms with Gasteiger partial charge in [0.15, 0.2) is 0 Å². The van der Waals surface area contributed by atoms with Crippen LogP contribution in [0.15, 0.2) is 0 Å². The zero-order valence-corrected chi connectivity index (χ0v) is 20.8. The Bertz CT molecular complexity index is 667. The van der Waals surface area contributed by atoms with Crippen LogP contribution < -0.4 is 20.9 Å². The lowest BCUT2D eigenvalue weighted by molar-refractivity contribution is 0.154. The fraction of sp³-hybridized carbons (Fsp3) is 0.864. The van der Waals surface area contributed by atoms with E-state index in [1.807, 2.05) is 0 Å². The van der Waals surface area contributed by atoms with Gasteiger partial charge in [0.05, 0.1) is 12.2 Å². The van der Waals surface area contributed by atoms with E-state index in [2.05, 4.69) is 53.5 Å². The monoisotopic (exact) mass is 453 g/mol. The average Bonchev–Trinajstić information content (AvgIpc) is 2.65. The van der Waals surface area contributed by atoms with Crippen LogP contribution in [0.2, 0.25) is 0 Å². The summed E-state index contributed by atoms with van der Waals surface area (Å²) in [7, 11) is 1.71. The summed E-state index contributed by atoms with van der Waals surface area (Å²) < 4.78 is 5.30. The maximum atomic E-state index is 9.69. The Labute approximate surface area is 192 Å². The van der Waals surface area contributed by atoms with Crippen molar-refractivity contribution in [3.63, 3.8) is 0 Å². The van der Waals surface area contributed by atoms with Crippen molar-refractivity contribution in [3.8, 4) is 0 Å². The number of methoxy groups -OCH3 is 1. The van der Waals surface area contributed by atoms with Crippen LogP contribution in [0, 0.1) is 0 Å². The van der Waals surface area contributed by atoms with E-state index in [0.717, 1.165) is 25.8 Å². The highest BCUT2D eigenvalue weighted by Crippen LogP contribution is 2.33. The molecular weight excluding hydrogens is 410 g/mol. The van der Waals surface area contributed by atoms with E-state index in [1.165, 1.54) is 0 Å². The lowest BCUT2D eigenvalue weighted by atomic mass is 9.79. The molecule has 2 atom stereocenters. The van der Waals surface area contributed by atoms with Gasteiger partial charge in [0.1, 0.15) is 0 Å². The van der Waals surface area contributed by atoms with Gasteiger partial charge in [0.2, 0.25) is 17.8 Å². The highest BCUT2D eigenvalue weighted by molar-refractivity contribution is 5.45. The quantitative estimate of drug-likeness (QED) is 0.298. The first-order valence-electron chi connectivity index (χ1n) is 11.6. The first-order chi connectivity index (χ1) is 14.9. The molecule has 0 spiro atoms. The molecule has 0 radical (unpaired) electrons. The molecule has 0 bridgehead atoms. The second-order valence-corrected chi connectivity index (χ2v) is 10.2. The van der Waals surface area contributed by atoms with E-state index >= 15 is 0 Å². The molecule has 0 aromatic carbocycles. The molecule has 1 fully saturated rings. The lowest BCUT2D eigenvalue weighted by Gasteiger charge is -2.49. The summed E-state index contributed by atoms with van der Waals surface area (Å²) in [6.07, 6.45) is 1.67. The van der Waals surface area contributed by atoms with Crippen LogP contribution in [0.4, 0.5) is 17.8 Å². The van der Waals surface area contributed by atoms with Gasteiger partial charge in [-0.25, -0.2) is 0 Å². The zero-order chi connectivity index (χ0) is 23.9. The van der Waals surface area contributed by atoms with Crippen LogP contribution in [0.3, 0.4) is 0 Å². The van der Waals surface area contributed by atoms with Crippen molar-refractivity contribution in [2.45, 2.75) is 90.1 Å². The van der Waals surface area contributed by atoms with Crippen LogP contribution in [-0.4, -0.2) is 87.8 Å². The van der Waals surface area contributed by atoms with Gasteiger partial charge in [0, 0.05) is 50.5 Å². The standard InChI is InChI=1S/C22H43N7O3/c1-15(30)13-23-18-25-19(24-14-16(2)31)27-20(26-18)29(9-8-10-32-7)17-11-21(3,4)28-22(5,6)12-17/h15-17,28,30-31H,8-14H2,1-7H3,(H2,23,24,25,26,27). The van der Waals surface area contributed by atoms with Crippen molar-refractivity contribution in [3.05, 3.63) is 0 Å². The summed E-state index contributed by atoms with van der Waals surface area (Å²) in [5.74, 6) is 1.37. The third-order valence-corrected chi connectivity index (χ3v) is 5.35. The zero-order valence-electron chi connectivity index (χ0n) is 20.8. The number of nitrogens with one attached hydrogen (secondary N) is 3. The van der Waals surface area contributed by atoms with Gasteiger partial charge >= 0.3 is 0 Å². The number of rotatable bonds is 12. The molecule has 1 aromatic heterocycles. The minimum atomic E-state index is -0.534. The predicted octanol–water partition coefficient (Wildman–Crippen LogP) is 1.61. The molecular formula is C22H43N7O3. The van der Waals surface area contributed by atoms with Crippen LogP contribution in [0.5, 0.6) is 0 Å². The summed E-state index contributed by atoms with van der Waals surface area (Å²) in [6.45, 7) is 14.4. The summed E-state index contributed by atoms with van der Waals surface area (Å²) in [5, 5.41) is 29.3. The van der Waals surface area contributed by atoms with Crippen molar-refractivity contribution in [1.29, 1.82) is 0 Å². The Kier molecular flexibility index (Phi) is 9.44. The molecule has 0 aliphatic carbocycles. The molecule has 1 aromatic rings. The van der Waals surface area contributed by atoms with Gasteiger partial charge in [0.25, 0.3) is 0 Å². The number of aliphatic hydroxyl groups is 2. The molecule has 2 unspecified atom stereocenters. The Morgan fingerprint density at radius 3 is 1.94 bits per heavy atom. The molecule has 10 nitrogen and oxygen atoms in total. The number of aliphatic hydroxyl groups excluding tert-OH is 2. The molecule has 10 heteroatoms. The summed E-state index contributed by atoms with van der Waals surface area (Å²) in [4.78, 5) is 16.1. The third kappa shape index (κ3) is 8.65. The van der Waals surface area contributed by atoms with Crippen LogP contribution in [-0.2, 0) is 4.74 Å². The molecule has 1 saturated heterocycles. The number of piperidine rings is 1. The van der Waals surface area contributed by atoms with Gasteiger partial charge in [-0.15, -0.1) is 0 Å². The van der Waals surface area contributed by atoms with Crippen molar-refractivity contribution >= 4 is 17.8 Å². The number of nitrogens with zero attached hydrogens (tertiary/aromatic N) is 4. The number of ether oxygens (including phenoxy) is 1. The molecule has 0 amide bonds. The van der Waals surface area contributed by atoms with Gasteiger partial charge < -0.3 is 35.8 Å². The Morgan fingerprint density at radius 2 is 1.50 bits per heavy atom. The van der Waals surface area contributed by atoms with Crippen molar-refractivity contribution in [2.24, 2.45) is 0 Å². The van der Waals surface area contributed by atoms with E-state index in [4.69, 9.17) is 14.7 Å². The van der Waals surface area contributed by atoms with Gasteiger partial charge in [-0.1, -0.05) is 0 Å². The number of hydrogen-bond acceptors (Lipinski definition) is 10. The van der Waals surface area contributed by atoms with E-state index < -0.39 is 12.2 Å². The largest absolute Gasteiger partial charge is 0.392 e. The van der Waals surface area contributed by atoms with Gasteiger partial charge in [-0.3, -0.25) is 0 Å². The lowest BCUT2D eigenvalue weighted by Crippen LogP contribution is -2.62. The number of hydrogen-bond donors (Lipinski definition) is 5. The maximum absolute atomic E-state index is 9.69. The molecule has 2 heterocycles. The van der Waals surface area contributed by atoms with E-state index in [9.17, 15) is 10.2 Å². The summed E-state index contributed by atoms with van der Waals surface area (Å²) >= 11 is 0. The van der Waals surface area contributed by atoms with Crippen LogP contribution >= 0.6 is 0 Å². The van der Waals surface area contributed by atoms with Crippen molar-refractivity contribution in [1.82, 2.24) is 20.3 Å². The number of aromatic nitrogens is 3. The van der Waals surface area contributed by atoms with Gasteiger partial charge in [-0.05, 0) is 60.8 Å². The first kappa shape index (κ1) is 26.5.